The Balaban J connectivity index is 1.40. The van der Waals surface area contributed by atoms with Crippen LogP contribution in [0.3, 0.4) is 0 Å². The third-order valence-electron chi connectivity index (χ3n) is 6.57. The van der Waals surface area contributed by atoms with Crippen LogP contribution in [0.2, 0.25) is 4.34 Å². The normalized spacial score (nSPS) is 15.2. The van der Waals surface area contributed by atoms with Crippen molar-refractivity contribution in [1.82, 2.24) is 29.9 Å². The number of carbonyl (C=O) groups is 1. The number of hydrogen-bond acceptors (Lipinski definition) is 8. The first-order valence-corrected chi connectivity index (χ1v) is 14.1. The topological polar surface area (TPSA) is 89.1 Å². The van der Waals surface area contributed by atoms with Crippen LogP contribution in [0.25, 0.3) is 22.2 Å². The minimum absolute atomic E-state index is 0.142. The van der Waals surface area contributed by atoms with Gasteiger partial charge in [-0.1, -0.05) is 16.8 Å². The zero-order valence-electron chi connectivity index (χ0n) is 20.7. The van der Waals surface area contributed by atoms with Crippen LogP contribution >= 0.6 is 34.3 Å². The molecule has 0 atom stereocenters. The predicted octanol–water partition coefficient (Wildman–Crippen LogP) is 5.64. The maximum absolute atomic E-state index is 13.3. The fraction of sp³-hybridized carbons (Fsp3) is 0.440. The van der Waals surface area contributed by atoms with E-state index in [-0.39, 0.29) is 11.9 Å². The van der Waals surface area contributed by atoms with E-state index in [1.165, 1.54) is 11.3 Å². The number of aromatic nitrogens is 4. The Morgan fingerprint density at radius 2 is 2.03 bits per heavy atom. The summed E-state index contributed by atoms with van der Waals surface area (Å²) in [6, 6.07) is 6.33. The van der Waals surface area contributed by atoms with Gasteiger partial charge in [0.25, 0.3) is 5.91 Å². The number of hydrogen-bond donors (Lipinski definition) is 1. The van der Waals surface area contributed by atoms with E-state index in [0.29, 0.717) is 34.2 Å². The molecule has 4 aromatic heterocycles. The SMILES string of the molecule is Cc1nc(-c2nc(C(=O)NC3CCN(C(C)C)CC3)c(C)n2Cc2cc(-c3ccc(Cl)s3)on2)cs1. The Bertz CT molecular complexity index is 1360. The fourth-order valence-electron chi connectivity index (χ4n) is 4.53. The molecule has 0 aromatic carbocycles. The molecule has 0 saturated carbocycles. The van der Waals surface area contributed by atoms with Crippen LogP contribution in [0.4, 0.5) is 0 Å². The first-order chi connectivity index (χ1) is 17.3. The average Bonchev–Trinajstić information content (AvgIpc) is 3.63. The molecule has 1 N–H and O–H groups in total. The van der Waals surface area contributed by atoms with Crippen molar-refractivity contribution in [3.63, 3.8) is 0 Å². The monoisotopic (exact) mass is 544 g/mol. The minimum atomic E-state index is -0.142. The van der Waals surface area contributed by atoms with E-state index in [1.54, 1.807) is 11.3 Å². The lowest BCUT2D eigenvalue weighted by atomic mass is 10.0. The molecule has 190 valence electrons. The summed E-state index contributed by atoms with van der Waals surface area (Å²) in [7, 11) is 0. The number of imidazole rings is 1. The molecular formula is C25H29ClN6O2S2. The molecule has 1 saturated heterocycles. The molecule has 1 aliphatic heterocycles. The van der Waals surface area contributed by atoms with E-state index in [2.05, 4.69) is 34.2 Å². The van der Waals surface area contributed by atoms with Gasteiger partial charge in [0.2, 0.25) is 0 Å². The number of halogens is 1. The second-order valence-electron chi connectivity index (χ2n) is 9.37. The molecule has 0 radical (unpaired) electrons. The largest absolute Gasteiger partial charge is 0.355 e. The zero-order valence-corrected chi connectivity index (χ0v) is 23.1. The van der Waals surface area contributed by atoms with E-state index in [1.807, 2.05) is 42.0 Å². The first kappa shape index (κ1) is 25.1. The molecule has 0 aliphatic carbocycles. The zero-order chi connectivity index (χ0) is 25.4. The molecule has 11 heteroatoms. The van der Waals surface area contributed by atoms with Gasteiger partial charge in [0, 0.05) is 42.3 Å². The first-order valence-electron chi connectivity index (χ1n) is 12.0. The minimum Gasteiger partial charge on any atom is -0.355 e. The molecule has 0 spiro atoms. The average molecular weight is 545 g/mol. The number of aryl methyl sites for hydroxylation is 1. The number of thiophene rings is 1. The van der Waals surface area contributed by atoms with Gasteiger partial charge in [-0.15, -0.1) is 22.7 Å². The van der Waals surface area contributed by atoms with E-state index in [4.69, 9.17) is 21.1 Å². The quantitative estimate of drug-likeness (QED) is 0.323. The van der Waals surface area contributed by atoms with Crippen molar-refractivity contribution in [2.24, 2.45) is 0 Å². The third kappa shape index (κ3) is 5.27. The summed E-state index contributed by atoms with van der Waals surface area (Å²) in [5, 5.41) is 10.4. The lowest BCUT2D eigenvalue weighted by molar-refractivity contribution is 0.0895. The van der Waals surface area contributed by atoms with Gasteiger partial charge in [-0.25, -0.2) is 9.97 Å². The highest BCUT2D eigenvalue weighted by atomic mass is 35.5. The highest BCUT2D eigenvalue weighted by Crippen LogP contribution is 2.32. The molecule has 1 amide bonds. The van der Waals surface area contributed by atoms with Crippen LogP contribution in [-0.4, -0.2) is 55.7 Å². The summed E-state index contributed by atoms with van der Waals surface area (Å²) in [5.74, 6) is 1.17. The lowest BCUT2D eigenvalue weighted by Crippen LogP contribution is -2.46. The van der Waals surface area contributed by atoms with E-state index >= 15 is 0 Å². The maximum atomic E-state index is 13.3. The highest BCUT2D eigenvalue weighted by molar-refractivity contribution is 7.19. The van der Waals surface area contributed by atoms with Crippen molar-refractivity contribution in [1.29, 1.82) is 0 Å². The van der Waals surface area contributed by atoms with Crippen LogP contribution in [0.1, 0.15) is 53.6 Å². The number of carbonyl (C=O) groups excluding carboxylic acids is 1. The molecule has 5 rings (SSSR count). The Labute approximate surface area is 223 Å². The Morgan fingerprint density at radius 3 is 2.67 bits per heavy atom. The van der Waals surface area contributed by atoms with Gasteiger partial charge < -0.3 is 19.3 Å². The van der Waals surface area contributed by atoms with E-state index < -0.39 is 0 Å². The lowest BCUT2D eigenvalue weighted by Gasteiger charge is -2.34. The summed E-state index contributed by atoms with van der Waals surface area (Å²) in [6.07, 6.45) is 1.88. The van der Waals surface area contributed by atoms with Crippen LogP contribution in [0.15, 0.2) is 28.1 Å². The van der Waals surface area contributed by atoms with Gasteiger partial charge in [-0.05, 0) is 52.7 Å². The Hall–Kier alpha value is -2.53. The smallest absolute Gasteiger partial charge is 0.271 e. The number of thiazole rings is 1. The van der Waals surface area contributed by atoms with Gasteiger partial charge in [0.05, 0.1) is 20.8 Å². The summed E-state index contributed by atoms with van der Waals surface area (Å²) in [4.78, 5) is 26.1. The number of rotatable bonds is 7. The molecule has 36 heavy (non-hydrogen) atoms. The second kappa shape index (κ2) is 10.5. The third-order valence-corrected chi connectivity index (χ3v) is 8.59. The Kier molecular flexibility index (Phi) is 7.30. The summed E-state index contributed by atoms with van der Waals surface area (Å²) < 4.78 is 8.27. The number of amides is 1. The second-order valence-corrected chi connectivity index (χ2v) is 12.1. The van der Waals surface area contributed by atoms with Crippen molar-refractivity contribution < 1.29 is 9.32 Å². The maximum Gasteiger partial charge on any atom is 0.271 e. The van der Waals surface area contributed by atoms with Crippen molar-refractivity contribution >= 4 is 40.2 Å². The van der Waals surface area contributed by atoms with Crippen LogP contribution < -0.4 is 5.32 Å². The molecule has 1 fully saturated rings. The van der Waals surface area contributed by atoms with Crippen LogP contribution in [0.5, 0.6) is 0 Å². The molecule has 5 heterocycles. The molecule has 8 nitrogen and oxygen atoms in total. The van der Waals surface area contributed by atoms with E-state index in [9.17, 15) is 4.79 Å². The summed E-state index contributed by atoms with van der Waals surface area (Å²) >= 11 is 9.08. The van der Waals surface area contributed by atoms with Gasteiger partial charge in [0.15, 0.2) is 11.6 Å². The number of likely N-dealkylation sites (tertiary alicyclic amines) is 1. The highest BCUT2D eigenvalue weighted by Gasteiger charge is 2.27. The number of nitrogens with zero attached hydrogens (tertiary/aromatic N) is 5. The molecular weight excluding hydrogens is 516 g/mol. The summed E-state index contributed by atoms with van der Waals surface area (Å²) in [5.41, 5.74) is 2.68. The molecule has 1 aliphatic rings. The van der Waals surface area contributed by atoms with Gasteiger partial charge in [-0.2, -0.15) is 0 Å². The van der Waals surface area contributed by atoms with Crippen LogP contribution in [0, 0.1) is 13.8 Å². The van der Waals surface area contributed by atoms with Gasteiger partial charge in [0.1, 0.15) is 17.1 Å². The van der Waals surface area contributed by atoms with Crippen LogP contribution in [-0.2, 0) is 6.54 Å². The van der Waals surface area contributed by atoms with Crippen molar-refractivity contribution in [2.45, 2.75) is 59.2 Å². The van der Waals surface area contributed by atoms with Crippen molar-refractivity contribution in [3.05, 3.63) is 50.0 Å². The number of piperidine rings is 1. The van der Waals surface area contributed by atoms with Crippen molar-refractivity contribution in [2.75, 3.05) is 13.1 Å². The Morgan fingerprint density at radius 1 is 1.25 bits per heavy atom. The van der Waals surface area contributed by atoms with Gasteiger partial charge >= 0.3 is 0 Å². The number of nitrogens with one attached hydrogen (secondary N) is 1. The van der Waals surface area contributed by atoms with E-state index in [0.717, 1.165) is 52.9 Å². The molecule has 4 aromatic rings. The van der Waals surface area contributed by atoms with Gasteiger partial charge in [-0.3, -0.25) is 4.79 Å². The van der Waals surface area contributed by atoms with Crippen molar-refractivity contribution in [3.8, 4) is 22.2 Å². The summed E-state index contributed by atoms with van der Waals surface area (Å²) in [6.45, 7) is 10.7. The predicted molar refractivity (Wildman–Crippen MR) is 144 cm³/mol. The fourth-order valence-corrected chi connectivity index (χ4v) is 6.11. The molecule has 0 unspecified atom stereocenters. The standard InChI is InChI=1S/C25H29ClN6O2S2/c1-14(2)31-9-7-17(8-10-31)28-25(33)23-15(3)32(24(29-23)19-13-35-16(4)27-19)12-18-11-20(34-30-18)21-5-6-22(26)36-21/h5-6,11,13-14,17H,7-10,12H2,1-4H3,(H,28,33). The molecule has 0 bridgehead atoms.